The number of para-hydroxylation sites is 1. The SMILES string of the molecule is CNC(=O)NCc1cccc2cccnc12. The number of urea groups is 1. The van der Waals surface area contributed by atoms with Gasteiger partial charge in [-0.1, -0.05) is 24.3 Å². The van der Waals surface area contributed by atoms with Crippen LogP contribution in [0.25, 0.3) is 10.9 Å². The standard InChI is InChI=1S/C12H13N3O/c1-13-12(16)15-8-10-5-2-4-9-6-3-7-14-11(9)10/h2-7H,8H2,1H3,(H2,13,15,16). The monoisotopic (exact) mass is 215 g/mol. The van der Waals surface area contributed by atoms with Gasteiger partial charge >= 0.3 is 6.03 Å². The minimum absolute atomic E-state index is 0.187. The highest BCUT2D eigenvalue weighted by Crippen LogP contribution is 2.15. The van der Waals surface area contributed by atoms with E-state index < -0.39 is 0 Å². The molecule has 16 heavy (non-hydrogen) atoms. The molecule has 2 N–H and O–H groups in total. The van der Waals surface area contributed by atoms with Crippen molar-refractivity contribution in [1.29, 1.82) is 0 Å². The van der Waals surface area contributed by atoms with Crippen LogP contribution >= 0.6 is 0 Å². The summed E-state index contributed by atoms with van der Waals surface area (Å²) < 4.78 is 0. The maximum Gasteiger partial charge on any atom is 0.314 e. The second kappa shape index (κ2) is 4.61. The smallest absolute Gasteiger partial charge is 0.314 e. The number of nitrogens with zero attached hydrogens (tertiary/aromatic N) is 1. The minimum Gasteiger partial charge on any atom is -0.341 e. The van der Waals surface area contributed by atoms with Gasteiger partial charge in [0.05, 0.1) is 5.52 Å². The van der Waals surface area contributed by atoms with Crippen molar-refractivity contribution >= 4 is 16.9 Å². The molecule has 0 aliphatic heterocycles. The Labute approximate surface area is 93.7 Å². The molecule has 0 aliphatic carbocycles. The first-order chi connectivity index (χ1) is 7.81. The lowest BCUT2D eigenvalue weighted by molar-refractivity contribution is 0.242. The van der Waals surface area contributed by atoms with Crippen LogP contribution in [0.2, 0.25) is 0 Å². The topological polar surface area (TPSA) is 54.0 Å². The van der Waals surface area contributed by atoms with Crippen LogP contribution in [-0.2, 0) is 6.54 Å². The molecule has 2 rings (SSSR count). The molecule has 0 bridgehead atoms. The predicted octanol–water partition coefficient (Wildman–Crippen LogP) is 1.66. The summed E-state index contributed by atoms with van der Waals surface area (Å²) in [6.45, 7) is 0.480. The molecule has 0 atom stereocenters. The summed E-state index contributed by atoms with van der Waals surface area (Å²) in [6.07, 6.45) is 1.76. The molecule has 4 nitrogen and oxygen atoms in total. The number of rotatable bonds is 2. The van der Waals surface area contributed by atoms with Gasteiger partial charge in [0.2, 0.25) is 0 Å². The molecule has 0 saturated heterocycles. The Morgan fingerprint density at radius 1 is 1.31 bits per heavy atom. The third-order valence-corrected chi connectivity index (χ3v) is 2.38. The van der Waals surface area contributed by atoms with Gasteiger partial charge in [0.1, 0.15) is 0 Å². The summed E-state index contributed by atoms with van der Waals surface area (Å²) in [7, 11) is 1.59. The van der Waals surface area contributed by atoms with E-state index in [0.717, 1.165) is 16.5 Å². The lowest BCUT2D eigenvalue weighted by Gasteiger charge is -2.06. The summed E-state index contributed by atoms with van der Waals surface area (Å²) in [6, 6.07) is 9.65. The van der Waals surface area contributed by atoms with E-state index >= 15 is 0 Å². The first-order valence-corrected chi connectivity index (χ1v) is 5.09. The number of carbonyl (C=O) groups excluding carboxylic acids is 1. The van der Waals surface area contributed by atoms with E-state index in [-0.39, 0.29) is 6.03 Å². The number of nitrogens with one attached hydrogen (secondary N) is 2. The maximum atomic E-state index is 11.1. The van der Waals surface area contributed by atoms with Crippen molar-refractivity contribution in [2.45, 2.75) is 6.54 Å². The molecule has 2 aromatic rings. The highest BCUT2D eigenvalue weighted by atomic mass is 16.2. The fourth-order valence-corrected chi connectivity index (χ4v) is 1.57. The van der Waals surface area contributed by atoms with E-state index in [4.69, 9.17) is 0 Å². The number of hydrogen-bond acceptors (Lipinski definition) is 2. The third kappa shape index (κ3) is 2.11. The van der Waals surface area contributed by atoms with Crippen molar-refractivity contribution in [3.05, 3.63) is 42.1 Å². The van der Waals surface area contributed by atoms with Crippen molar-refractivity contribution in [3.8, 4) is 0 Å². The summed E-state index contributed by atoms with van der Waals surface area (Å²) in [4.78, 5) is 15.4. The summed E-state index contributed by atoms with van der Waals surface area (Å²) in [5.74, 6) is 0. The average Bonchev–Trinajstić information content (AvgIpc) is 2.35. The molecule has 2 amide bonds. The number of fused-ring (bicyclic) bond motifs is 1. The molecular formula is C12H13N3O. The van der Waals surface area contributed by atoms with Crippen molar-refractivity contribution in [2.75, 3.05) is 7.05 Å². The van der Waals surface area contributed by atoms with Gasteiger partial charge in [-0.3, -0.25) is 4.98 Å². The van der Waals surface area contributed by atoms with Gasteiger partial charge in [-0.05, 0) is 11.6 Å². The number of hydrogen-bond donors (Lipinski definition) is 2. The van der Waals surface area contributed by atoms with E-state index in [0.29, 0.717) is 6.54 Å². The Balaban J connectivity index is 2.27. The van der Waals surface area contributed by atoms with Crippen molar-refractivity contribution in [2.24, 2.45) is 0 Å². The third-order valence-electron chi connectivity index (χ3n) is 2.38. The van der Waals surface area contributed by atoms with Gasteiger partial charge in [-0.25, -0.2) is 4.79 Å². The fourth-order valence-electron chi connectivity index (χ4n) is 1.57. The van der Waals surface area contributed by atoms with Crippen molar-refractivity contribution < 1.29 is 4.79 Å². The van der Waals surface area contributed by atoms with Crippen LogP contribution in [-0.4, -0.2) is 18.1 Å². The zero-order valence-corrected chi connectivity index (χ0v) is 9.03. The van der Waals surface area contributed by atoms with Gasteiger partial charge < -0.3 is 10.6 Å². The fraction of sp³-hybridized carbons (Fsp3) is 0.167. The van der Waals surface area contributed by atoms with E-state index in [1.807, 2.05) is 30.3 Å². The molecule has 1 aromatic carbocycles. The number of pyridine rings is 1. The van der Waals surface area contributed by atoms with Crippen LogP contribution < -0.4 is 10.6 Å². The first kappa shape index (κ1) is 10.4. The van der Waals surface area contributed by atoms with Crippen LogP contribution in [0.15, 0.2) is 36.5 Å². The average molecular weight is 215 g/mol. The number of carbonyl (C=O) groups is 1. The quantitative estimate of drug-likeness (QED) is 0.800. The van der Waals surface area contributed by atoms with Gasteiger partial charge in [0.15, 0.2) is 0 Å². The zero-order valence-electron chi connectivity index (χ0n) is 9.03. The van der Waals surface area contributed by atoms with Gasteiger partial charge in [0, 0.05) is 25.2 Å². The van der Waals surface area contributed by atoms with E-state index in [1.165, 1.54) is 0 Å². The maximum absolute atomic E-state index is 11.1. The van der Waals surface area contributed by atoms with Gasteiger partial charge in [0.25, 0.3) is 0 Å². The molecular weight excluding hydrogens is 202 g/mol. The molecule has 0 spiro atoms. The normalized spacial score (nSPS) is 10.1. The Hall–Kier alpha value is -2.10. The Kier molecular flexibility index (Phi) is 3.00. The zero-order chi connectivity index (χ0) is 11.4. The molecule has 1 aromatic heterocycles. The van der Waals surface area contributed by atoms with Crippen LogP contribution in [0.4, 0.5) is 4.79 Å². The van der Waals surface area contributed by atoms with E-state index in [1.54, 1.807) is 13.2 Å². The number of amides is 2. The molecule has 0 unspecified atom stereocenters. The number of aromatic nitrogens is 1. The highest BCUT2D eigenvalue weighted by molar-refractivity contribution is 5.82. The van der Waals surface area contributed by atoms with Crippen molar-refractivity contribution in [1.82, 2.24) is 15.6 Å². The Morgan fingerprint density at radius 3 is 2.94 bits per heavy atom. The Morgan fingerprint density at radius 2 is 2.12 bits per heavy atom. The molecule has 4 heteroatoms. The largest absolute Gasteiger partial charge is 0.341 e. The van der Waals surface area contributed by atoms with Crippen LogP contribution in [0.3, 0.4) is 0 Å². The number of benzene rings is 1. The second-order valence-corrected chi connectivity index (χ2v) is 3.42. The Bertz CT molecular complexity index is 505. The van der Waals surface area contributed by atoms with E-state index in [2.05, 4.69) is 15.6 Å². The van der Waals surface area contributed by atoms with Gasteiger partial charge in [-0.15, -0.1) is 0 Å². The van der Waals surface area contributed by atoms with Gasteiger partial charge in [-0.2, -0.15) is 0 Å². The molecule has 0 saturated carbocycles. The lowest BCUT2D eigenvalue weighted by Crippen LogP contribution is -2.32. The second-order valence-electron chi connectivity index (χ2n) is 3.42. The minimum atomic E-state index is -0.187. The molecule has 0 radical (unpaired) electrons. The van der Waals surface area contributed by atoms with Crippen LogP contribution in [0.1, 0.15) is 5.56 Å². The summed E-state index contributed by atoms with van der Waals surface area (Å²) in [5, 5.41) is 6.35. The summed E-state index contributed by atoms with van der Waals surface area (Å²) in [5.41, 5.74) is 1.95. The predicted molar refractivity (Wildman–Crippen MR) is 63.0 cm³/mol. The lowest BCUT2D eigenvalue weighted by atomic mass is 10.1. The highest BCUT2D eigenvalue weighted by Gasteiger charge is 2.02. The summed E-state index contributed by atoms with van der Waals surface area (Å²) >= 11 is 0. The molecule has 1 heterocycles. The molecule has 0 aliphatic rings. The molecule has 82 valence electrons. The van der Waals surface area contributed by atoms with E-state index in [9.17, 15) is 4.79 Å². The molecule has 0 fully saturated rings. The van der Waals surface area contributed by atoms with Crippen LogP contribution in [0, 0.1) is 0 Å². The first-order valence-electron chi connectivity index (χ1n) is 5.09. The van der Waals surface area contributed by atoms with Crippen LogP contribution in [0.5, 0.6) is 0 Å². The van der Waals surface area contributed by atoms with Crippen molar-refractivity contribution in [3.63, 3.8) is 0 Å².